The van der Waals surface area contributed by atoms with Gasteiger partial charge >= 0.3 is 0 Å². The summed E-state index contributed by atoms with van der Waals surface area (Å²) in [7, 11) is 0. The lowest BCUT2D eigenvalue weighted by atomic mass is 9.90. The third-order valence-electron chi connectivity index (χ3n) is 4.54. The number of nitrogens with one attached hydrogen (secondary N) is 2. The summed E-state index contributed by atoms with van der Waals surface area (Å²) in [5.41, 5.74) is 0. The average Bonchev–Trinajstić information content (AvgIpc) is 2.90. The Morgan fingerprint density at radius 3 is 3.00 bits per heavy atom. The zero-order valence-electron chi connectivity index (χ0n) is 11.4. The lowest BCUT2D eigenvalue weighted by Gasteiger charge is -2.31. The highest BCUT2D eigenvalue weighted by atomic mass is 16.5. The van der Waals surface area contributed by atoms with E-state index in [1.165, 1.54) is 32.2 Å². The maximum absolute atomic E-state index is 5.45. The summed E-state index contributed by atoms with van der Waals surface area (Å²) in [5, 5.41) is 7.33. The zero-order chi connectivity index (χ0) is 12.1. The van der Waals surface area contributed by atoms with Gasteiger partial charge in [-0.05, 0) is 44.6 Å². The second-order valence-electron chi connectivity index (χ2n) is 5.77. The van der Waals surface area contributed by atoms with Crippen LogP contribution < -0.4 is 10.6 Å². The van der Waals surface area contributed by atoms with Gasteiger partial charge in [-0.15, -0.1) is 0 Å². The molecule has 2 aliphatic heterocycles. The molecule has 0 bridgehead atoms. The molecule has 2 heterocycles. The third kappa shape index (κ3) is 3.94. The van der Waals surface area contributed by atoms with Crippen molar-refractivity contribution in [2.45, 2.75) is 51.6 Å². The van der Waals surface area contributed by atoms with Crippen LogP contribution in [-0.4, -0.2) is 38.4 Å². The van der Waals surface area contributed by atoms with Gasteiger partial charge in [0.05, 0.1) is 6.61 Å². The first-order valence-corrected chi connectivity index (χ1v) is 7.34. The van der Waals surface area contributed by atoms with Crippen LogP contribution in [0.2, 0.25) is 0 Å². The smallest absolute Gasteiger partial charge is 0.0509 e. The van der Waals surface area contributed by atoms with Crippen LogP contribution in [0.5, 0.6) is 0 Å². The highest BCUT2D eigenvalue weighted by Crippen LogP contribution is 2.20. The topological polar surface area (TPSA) is 33.3 Å². The largest absolute Gasteiger partial charge is 0.381 e. The lowest BCUT2D eigenvalue weighted by molar-refractivity contribution is 0.177. The van der Waals surface area contributed by atoms with Crippen molar-refractivity contribution < 1.29 is 4.74 Å². The molecular weight excluding hydrogens is 212 g/mol. The van der Waals surface area contributed by atoms with Crippen LogP contribution >= 0.6 is 0 Å². The molecule has 4 atom stereocenters. The van der Waals surface area contributed by atoms with E-state index in [1.54, 1.807) is 0 Å². The number of hydrogen-bond donors (Lipinski definition) is 2. The van der Waals surface area contributed by atoms with Crippen LogP contribution in [0.15, 0.2) is 0 Å². The molecule has 0 radical (unpaired) electrons. The van der Waals surface area contributed by atoms with E-state index < -0.39 is 0 Å². The van der Waals surface area contributed by atoms with Crippen molar-refractivity contribution in [3.63, 3.8) is 0 Å². The molecule has 17 heavy (non-hydrogen) atoms. The second kappa shape index (κ2) is 6.72. The van der Waals surface area contributed by atoms with Gasteiger partial charge in [0, 0.05) is 25.2 Å². The van der Waals surface area contributed by atoms with E-state index in [-0.39, 0.29) is 0 Å². The summed E-state index contributed by atoms with van der Waals surface area (Å²) in [6, 6.07) is 1.28. The molecular formula is C14H28N2O. The van der Waals surface area contributed by atoms with E-state index in [0.29, 0.717) is 12.1 Å². The predicted molar refractivity (Wildman–Crippen MR) is 71.2 cm³/mol. The average molecular weight is 240 g/mol. The maximum atomic E-state index is 5.45. The van der Waals surface area contributed by atoms with Gasteiger partial charge in [0.2, 0.25) is 0 Å². The molecule has 0 amide bonds. The van der Waals surface area contributed by atoms with Crippen molar-refractivity contribution in [1.29, 1.82) is 0 Å². The van der Waals surface area contributed by atoms with E-state index in [0.717, 1.165) is 31.6 Å². The maximum Gasteiger partial charge on any atom is 0.0509 e. The van der Waals surface area contributed by atoms with Crippen molar-refractivity contribution in [2.24, 2.45) is 11.8 Å². The molecule has 0 aromatic rings. The van der Waals surface area contributed by atoms with E-state index in [9.17, 15) is 0 Å². The standard InChI is InChI=1S/C14H28N2O/c1-3-12-4-6-15-14(8-12)9-16-11(2)13-5-7-17-10-13/h11-16H,3-10H2,1-2H3. The zero-order valence-corrected chi connectivity index (χ0v) is 11.4. The normalized spacial score (nSPS) is 36.0. The SMILES string of the molecule is CCC1CCNC(CNC(C)C2CCOC2)C1. The van der Waals surface area contributed by atoms with Crippen molar-refractivity contribution >= 4 is 0 Å². The van der Waals surface area contributed by atoms with E-state index in [2.05, 4.69) is 24.5 Å². The highest BCUT2D eigenvalue weighted by Gasteiger charge is 2.24. The fraction of sp³-hybridized carbons (Fsp3) is 1.00. The summed E-state index contributed by atoms with van der Waals surface area (Å²) < 4.78 is 5.45. The number of rotatable bonds is 5. The minimum absolute atomic E-state index is 0.598. The van der Waals surface area contributed by atoms with Crippen LogP contribution in [0.3, 0.4) is 0 Å². The monoisotopic (exact) mass is 240 g/mol. The van der Waals surface area contributed by atoms with Crippen LogP contribution in [0.25, 0.3) is 0 Å². The van der Waals surface area contributed by atoms with Crippen molar-refractivity contribution in [3.05, 3.63) is 0 Å². The van der Waals surface area contributed by atoms with Crippen LogP contribution in [0.1, 0.15) is 39.5 Å². The number of piperidine rings is 1. The van der Waals surface area contributed by atoms with E-state index in [4.69, 9.17) is 4.74 Å². The van der Waals surface area contributed by atoms with Crippen LogP contribution in [0, 0.1) is 11.8 Å². The van der Waals surface area contributed by atoms with E-state index >= 15 is 0 Å². The Labute approximate surface area is 106 Å². The first kappa shape index (κ1) is 13.3. The second-order valence-corrected chi connectivity index (χ2v) is 5.77. The van der Waals surface area contributed by atoms with Gasteiger partial charge in [-0.3, -0.25) is 0 Å². The van der Waals surface area contributed by atoms with E-state index in [1.807, 2.05) is 0 Å². The van der Waals surface area contributed by atoms with Crippen molar-refractivity contribution in [1.82, 2.24) is 10.6 Å². The Bertz CT molecular complexity index is 216. The van der Waals surface area contributed by atoms with Gasteiger partial charge < -0.3 is 15.4 Å². The first-order valence-electron chi connectivity index (χ1n) is 7.34. The van der Waals surface area contributed by atoms with Gasteiger partial charge in [-0.25, -0.2) is 0 Å². The molecule has 2 aliphatic rings. The molecule has 100 valence electrons. The molecule has 0 aliphatic carbocycles. The van der Waals surface area contributed by atoms with Crippen LogP contribution in [-0.2, 0) is 4.74 Å². The Morgan fingerprint density at radius 2 is 2.29 bits per heavy atom. The quantitative estimate of drug-likeness (QED) is 0.768. The van der Waals surface area contributed by atoms with Crippen molar-refractivity contribution in [2.75, 3.05) is 26.3 Å². The Hall–Kier alpha value is -0.120. The van der Waals surface area contributed by atoms with Gasteiger partial charge in [0.25, 0.3) is 0 Å². The Morgan fingerprint density at radius 1 is 1.41 bits per heavy atom. The minimum Gasteiger partial charge on any atom is -0.381 e. The Balaban J connectivity index is 1.66. The fourth-order valence-electron chi connectivity index (χ4n) is 3.06. The fourth-order valence-corrected chi connectivity index (χ4v) is 3.06. The molecule has 4 unspecified atom stereocenters. The van der Waals surface area contributed by atoms with Gasteiger partial charge in [-0.1, -0.05) is 13.3 Å². The number of ether oxygens (including phenoxy) is 1. The minimum atomic E-state index is 0.598. The number of hydrogen-bond acceptors (Lipinski definition) is 3. The van der Waals surface area contributed by atoms with Gasteiger partial charge in [0.15, 0.2) is 0 Å². The molecule has 0 aromatic carbocycles. The summed E-state index contributed by atoms with van der Waals surface area (Å²) in [5.74, 6) is 1.66. The van der Waals surface area contributed by atoms with Crippen molar-refractivity contribution in [3.8, 4) is 0 Å². The highest BCUT2D eigenvalue weighted by molar-refractivity contribution is 4.82. The summed E-state index contributed by atoms with van der Waals surface area (Å²) >= 11 is 0. The molecule has 0 spiro atoms. The molecule has 3 nitrogen and oxygen atoms in total. The van der Waals surface area contributed by atoms with Gasteiger partial charge in [0.1, 0.15) is 0 Å². The lowest BCUT2D eigenvalue weighted by Crippen LogP contribution is -2.47. The summed E-state index contributed by atoms with van der Waals surface area (Å²) in [6.07, 6.45) is 5.27. The van der Waals surface area contributed by atoms with Crippen LogP contribution in [0.4, 0.5) is 0 Å². The summed E-state index contributed by atoms with van der Waals surface area (Å²) in [4.78, 5) is 0. The first-order chi connectivity index (χ1) is 8.29. The Kier molecular flexibility index (Phi) is 5.26. The molecule has 3 heteroatoms. The van der Waals surface area contributed by atoms with Gasteiger partial charge in [-0.2, -0.15) is 0 Å². The summed E-state index contributed by atoms with van der Waals surface area (Å²) in [6.45, 7) is 8.85. The molecule has 0 saturated carbocycles. The predicted octanol–water partition coefficient (Wildman–Crippen LogP) is 1.78. The molecule has 2 rings (SSSR count). The molecule has 2 fully saturated rings. The molecule has 2 saturated heterocycles. The molecule has 0 aromatic heterocycles. The molecule has 2 N–H and O–H groups in total. The third-order valence-corrected chi connectivity index (χ3v) is 4.54.